The Hall–Kier alpha value is -1.90. The van der Waals surface area contributed by atoms with Crippen LogP contribution in [0.4, 0.5) is 16.3 Å². The summed E-state index contributed by atoms with van der Waals surface area (Å²) < 4.78 is 0.519. The number of pyridine rings is 1. The van der Waals surface area contributed by atoms with Crippen molar-refractivity contribution in [1.29, 1.82) is 0 Å². The van der Waals surface area contributed by atoms with E-state index in [9.17, 15) is 14.9 Å². The lowest BCUT2D eigenvalue weighted by Gasteiger charge is -2.06. The number of anilines is 1. The number of carbonyl (C=O) groups excluding carboxylic acids is 1. The Kier molecular flexibility index (Phi) is 4.64. The first-order chi connectivity index (χ1) is 8.00. The van der Waals surface area contributed by atoms with Crippen LogP contribution in [0.15, 0.2) is 16.7 Å². The van der Waals surface area contributed by atoms with Crippen LogP contribution in [0.5, 0.6) is 0 Å². The van der Waals surface area contributed by atoms with Gasteiger partial charge in [-0.15, -0.1) is 0 Å². The molecule has 0 aliphatic carbocycles. The molecule has 1 heterocycles. The number of carbonyl (C=O) groups is 1. The van der Waals surface area contributed by atoms with Gasteiger partial charge in [-0.05, 0) is 15.9 Å². The number of nitrogens with zero attached hydrogens (tertiary/aromatic N) is 2. The maximum atomic E-state index is 10.7. The highest BCUT2D eigenvalue weighted by atomic mass is 79.9. The third-order valence-corrected chi connectivity index (χ3v) is 2.18. The highest BCUT2D eigenvalue weighted by molar-refractivity contribution is 9.10. The van der Waals surface area contributed by atoms with Crippen molar-refractivity contribution in [2.75, 3.05) is 18.4 Å². The summed E-state index contributed by atoms with van der Waals surface area (Å²) in [7, 11) is 0. The van der Waals surface area contributed by atoms with Crippen LogP contribution in [-0.4, -0.2) is 29.0 Å². The number of halogens is 1. The summed E-state index contributed by atoms with van der Waals surface area (Å²) >= 11 is 3.10. The minimum atomic E-state index is -0.648. The first-order valence-corrected chi connectivity index (χ1v) is 5.37. The molecule has 17 heavy (non-hydrogen) atoms. The second kappa shape index (κ2) is 5.99. The van der Waals surface area contributed by atoms with Crippen molar-refractivity contribution in [2.24, 2.45) is 5.73 Å². The molecule has 0 atom stereocenters. The Morgan fingerprint density at radius 2 is 2.29 bits per heavy atom. The van der Waals surface area contributed by atoms with Crippen LogP contribution >= 0.6 is 15.9 Å². The van der Waals surface area contributed by atoms with Gasteiger partial charge in [0.2, 0.25) is 5.82 Å². The Labute approximate surface area is 105 Å². The molecule has 0 unspecified atom stereocenters. The van der Waals surface area contributed by atoms with Gasteiger partial charge in [-0.2, -0.15) is 0 Å². The molecule has 0 saturated carbocycles. The number of nitro groups is 1. The second-order valence-corrected chi connectivity index (χ2v) is 3.91. The van der Waals surface area contributed by atoms with Crippen LogP contribution in [0.2, 0.25) is 0 Å². The van der Waals surface area contributed by atoms with E-state index in [1.54, 1.807) is 0 Å². The zero-order valence-corrected chi connectivity index (χ0v) is 10.2. The van der Waals surface area contributed by atoms with Crippen molar-refractivity contribution in [2.45, 2.75) is 0 Å². The highest BCUT2D eigenvalue weighted by Gasteiger charge is 2.15. The number of primary amides is 1. The Balaban J connectivity index is 2.64. The van der Waals surface area contributed by atoms with E-state index in [4.69, 9.17) is 5.73 Å². The SMILES string of the molecule is NC(=O)NCCNc1ncc(Br)cc1[N+](=O)[O-]. The van der Waals surface area contributed by atoms with Gasteiger partial charge in [-0.25, -0.2) is 9.78 Å². The van der Waals surface area contributed by atoms with Gasteiger partial charge in [0.1, 0.15) is 0 Å². The number of nitrogens with one attached hydrogen (secondary N) is 2. The summed E-state index contributed by atoms with van der Waals surface area (Å²) in [5, 5.41) is 15.8. The smallest absolute Gasteiger partial charge is 0.312 e. The molecule has 0 bridgehead atoms. The first-order valence-electron chi connectivity index (χ1n) is 4.58. The normalized spacial score (nSPS) is 9.71. The Morgan fingerprint density at radius 1 is 1.59 bits per heavy atom. The van der Waals surface area contributed by atoms with Gasteiger partial charge < -0.3 is 16.4 Å². The van der Waals surface area contributed by atoms with Gasteiger partial charge in [0.25, 0.3) is 0 Å². The predicted molar refractivity (Wildman–Crippen MR) is 64.7 cm³/mol. The van der Waals surface area contributed by atoms with Gasteiger partial charge in [0.05, 0.1) is 4.92 Å². The minimum absolute atomic E-state index is 0.140. The molecule has 2 amide bonds. The molecule has 1 aromatic heterocycles. The van der Waals surface area contributed by atoms with Crippen LogP contribution in [0.1, 0.15) is 0 Å². The topological polar surface area (TPSA) is 123 Å². The molecule has 9 heteroatoms. The molecule has 1 aromatic rings. The number of rotatable bonds is 5. The summed E-state index contributed by atoms with van der Waals surface area (Å²) in [5.41, 5.74) is 4.72. The molecule has 0 radical (unpaired) electrons. The van der Waals surface area contributed by atoms with E-state index in [1.807, 2.05) is 0 Å². The van der Waals surface area contributed by atoms with E-state index in [0.29, 0.717) is 11.0 Å². The van der Waals surface area contributed by atoms with Crippen molar-refractivity contribution in [1.82, 2.24) is 10.3 Å². The summed E-state index contributed by atoms with van der Waals surface area (Å²) in [6.45, 7) is 0.544. The molecule has 4 N–H and O–H groups in total. The van der Waals surface area contributed by atoms with E-state index in [0.717, 1.165) is 0 Å². The summed E-state index contributed by atoms with van der Waals surface area (Å²) in [6, 6.07) is 0.696. The average molecular weight is 304 g/mol. The lowest BCUT2D eigenvalue weighted by molar-refractivity contribution is -0.384. The Bertz CT molecular complexity index is 439. The fourth-order valence-corrected chi connectivity index (χ4v) is 1.39. The first kappa shape index (κ1) is 13.2. The van der Waals surface area contributed by atoms with Gasteiger partial charge in [0, 0.05) is 29.8 Å². The second-order valence-electron chi connectivity index (χ2n) is 3.00. The van der Waals surface area contributed by atoms with Gasteiger partial charge in [-0.1, -0.05) is 0 Å². The van der Waals surface area contributed by atoms with Crippen LogP contribution < -0.4 is 16.4 Å². The van der Waals surface area contributed by atoms with Gasteiger partial charge in [0.15, 0.2) is 0 Å². The lowest BCUT2D eigenvalue weighted by atomic mass is 10.4. The maximum Gasteiger partial charge on any atom is 0.312 e. The van der Waals surface area contributed by atoms with Crippen LogP contribution in [-0.2, 0) is 0 Å². The van der Waals surface area contributed by atoms with Crippen LogP contribution in [0.25, 0.3) is 0 Å². The molecule has 1 rings (SSSR count). The number of urea groups is 1. The monoisotopic (exact) mass is 303 g/mol. The molecule has 8 nitrogen and oxygen atoms in total. The number of nitrogens with two attached hydrogens (primary N) is 1. The molecular weight excluding hydrogens is 294 g/mol. The highest BCUT2D eigenvalue weighted by Crippen LogP contribution is 2.24. The molecule has 0 aromatic carbocycles. The summed E-state index contributed by atoms with van der Waals surface area (Å²) in [5.74, 6) is 0.143. The van der Waals surface area contributed by atoms with E-state index in [1.165, 1.54) is 12.3 Å². The van der Waals surface area contributed by atoms with E-state index < -0.39 is 11.0 Å². The van der Waals surface area contributed by atoms with Crippen molar-refractivity contribution in [3.63, 3.8) is 0 Å². The van der Waals surface area contributed by atoms with Crippen molar-refractivity contribution >= 4 is 33.5 Å². The van der Waals surface area contributed by atoms with Crippen molar-refractivity contribution in [3.05, 3.63) is 26.9 Å². The largest absolute Gasteiger partial charge is 0.363 e. The van der Waals surface area contributed by atoms with E-state index >= 15 is 0 Å². The van der Waals surface area contributed by atoms with Crippen molar-refractivity contribution < 1.29 is 9.72 Å². The van der Waals surface area contributed by atoms with Crippen LogP contribution in [0, 0.1) is 10.1 Å². The Morgan fingerprint density at radius 3 is 2.88 bits per heavy atom. The third kappa shape index (κ3) is 4.23. The maximum absolute atomic E-state index is 10.7. The fraction of sp³-hybridized carbons (Fsp3) is 0.250. The molecule has 0 aliphatic rings. The quantitative estimate of drug-likeness (QED) is 0.422. The number of amides is 2. The molecule has 0 saturated heterocycles. The number of aromatic nitrogens is 1. The zero-order valence-electron chi connectivity index (χ0n) is 8.64. The lowest BCUT2D eigenvalue weighted by Crippen LogP contribution is -2.33. The molecule has 0 aliphatic heterocycles. The summed E-state index contributed by atoms with van der Waals surface area (Å²) in [6.07, 6.45) is 1.44. The molecule has 92 valence electrons. The average Bonchev–Trinajstić information content (AvgIpc) is 2.25. The van der Waals surface area contributed by atoms with Crippen molar-refractivity contribution in [3.8, 4) is 0 Å². The van der Waals surface area contributed by atoms with Gasteiger partial charge >= 0.3 is 11.7 Å². The standard InChI is InChI=1S/C8H10BrN5O3/c9-5-3-6(14(16)17)7(13-4-5)11-1-2-12-8(10)15/h3-4H,1-2H2,(H,11,13)(H3,10,12,15). The van der Waals surface area contributed by atoms with E-state index in [2.05, 4.69) is 31.5 Å². The zero-order chi connectivity index (χ0) is 12.8. The van der Waals surface area contributed by atoms with Crippen LogP contribution in [0.3, 0.4) is 0 Å². The number of hydrogen-bond acceptors (Lipinski definition) is 5. The third-order valence-electron chi connectivity index (χ3n) is 1.75. The molecular formula is C8H10BrN5O3. The van der Waals surface area contributed by atoms with E-state index in [-0.39, 0.29) is 18.1 Å². The molecule has 0 fully saturated rings. The predicted octanol–water partition coefficient (Wildman–Crippen LogP) is 0.833. The summed E-state index contributed by atoms with van der Waals surface area (Å²) in [4.78, 5) is 24.4. The number of hydrogen-bond donors (Lipinski definition) is 3. The molecule has 0 spiro atoms. The van der Waals surface area contributed by atoms with Gasteiger partial charge in [-0.3, -0.25) is 10.1 Å². The minimum Gasteiger partial charge on any atom is -0.363 e. The fourth-order valence-electron chi connectivity index (χ4n) is 1.07.